The van der Waals surface area contributed by atoms with Gasteiger partial charge in [-0.05, 0) is 50.0 Å². The summed E-state index contributed by atoms with van der Waals surface area (Å²) in [5.41, 5.74) is 3.37. The van der Waals surface area contributed by atoms with E-state index in [9.17, 15) is 14.7 Å². The molecule has 2 N–H and O–H groups in total. The van der Waals surface area contributed by atoms with Crippen molar-refractivity contribution in [1.82, 2.24) is 15.3 Å². The van der Waals surface area contributed by atoms with Gasteiger partial charge in [-0.25, -0.2) is 14.8 Å². The van der Waals surface area contributed by atoms with Gasteiger partial charge in [0.25, 0.3) is 5.91 Å². The summed E-state index contributed by atoms with van der Waals surface area (Å²) in [6.45, 7) is 5.76. The average molecular weight is 347 g/mol. The van der Waals surface area contributed by atoms with Crippen LogP contribution < -0.4 is 5.32 Å². The second-order valence-corrected chi connectivity index (χ2v) is 6.84. The number of hydrogen-bond donors (Lipinski definition) is 2. The maximum atomic E-state index is 12.4. The lowest BCUT2D eigenvalue weighted by Gasteiger charge is -2.14. The predicted octanol–water partition coefficient (Wildman–Crippen LogP) is 2.57. The lowest BCUT2D eigenvalue weighted by atomic mass is 10.1. The highest BCUT2D eigenvalue weighted by Gasteiger charge is 2.20. The van der Waals surface area contributed by atoms with Crippen molar-refractivity contribution in [3.8, 4) is 0 Å². The van der Waals surface area contributed by atoms with Gasteiger partial charge in [0, 0.05) is 5.56 Å². The number of nitrogens with zero attached hydrogens (tertiary/aromatic N) is 2. The molecular weight excluding hydrogens is 326 g/mol. The van der Waals surface area contributed by atoms with Gasteiger partial charge >= 0.3 is 5.97 Å². The molecule has 1 aromatic heterocycles. The van der Waals surface area contributed by atoms with E-state index in [1.54, 1.807) is 30.0 Å². The van der Waals surface area contributed by atoms with E-state index in [-0.39, 0.29) is 0 Å². The van der Waals surface area contributed by atoms with E-state index in [1.807, 2.05) is 20.8 Å². The third-order valence-electron chi connectivity index (χ3n) is 3.70. The molecule has 1 atom stereocenters. The second kappa shape index (κ2) is 8.10. The largest absolute Gasteiger partial charge is 0.480 e. The summed E-state index contributed by atoms with van der Waals surface area (Å²) in [6, 6.07) is 4.12. The Hall–Kier alpha value is -2.15. The van der Waals surface area contributed by atoms with E-state index < -0.39 is 17.9 Å². The summed E-state index contributed by atoms with van der Waals surface area (Å²) in [5.74, 6) is 0.176. The third kappa shape index (κ3) is 4.44. The summed E-state index contributed by atoms with van der Waals surface area (Å²) in [4.78, 5) is 32.5. The number of carboxylic acid groups (broad SMARTS) is 1. The lowest BCUT2D eigenvalue weighted by molar-refractivity contribution is -0.139. The SMILES string of the molecule is CCSCCC(NC(=O)c1ccc2nc(C)c(C)nc2c1)C(=O)O. The summed E-state index contributed by atoms with van der Waals surface area (Å²) >= 11 is 1.65. The molecule has 1 aromatic carbocycles. The number of fused-ring (bicyclic) bond motifs is 1. The van der Waals surface area contributed by atoms with Gasteiger partial charge in [-0.15, -0.1) is 0 Å². The van der Waals surface area contributed by atoms with Gasteiger partial charge in [0.15, 0.2) is 0 Å². The number of thioether (sulfide) groups is 1. The number of benzene rings is 1. The number of carbonyl (C=O) groups excluding carboxylic acids is 1. The maximum absolute atomic E-state index is 12.4. The molecule has 0 fully saturated rings. The molecule has 1 unspecified atom stereocenters. The first-order valence-corrected chi connectivity index (χ1v) is 8.94. The number of carboxylic acids is 1. The molecule has 0 aliphatic carbocycles. The van der Waals surface area contributed by atoms with Gasteiger partial charge in [-0.3, -0.25) is 4.79 Å². The van der Waals surface area contributed by atoms with E-state index in [0.29, 0.717) is 28.8 Å². The Labute approximate surface area is 145 Å². The molecule has 0 radical (unpaired) electrons. The highest BCUT2D eigenvalue weighted by molar-refractivity contribution is 7.99. The minimum Gasteiger partial charge on any atom is -0.480 e. The topological polar surface area (TPSA) is 92.2 Å². The number of aryl methyl sites for hydroxylation is 2. The Kier molecular flexibility index (Phi) is 6.14. The van der Waals surface area contributed by atoms with Gasteiger partial charge in [0.05, 0.1) is 22.4 Å². The molecular formula is C17H21N3O3S. The Morgan fingerprint density at radius 3 is 2.50 bits per heavy atom. The number of aliphatic carboxylic acids is 1. The Morgan fingerprint density at radius 2 is 1.88 bits per heavy atom. The van der Waals surface area contributed by atoms with Gasteiger partial charge in [0.1, 0.15) is 6.04 Å². The van der Waals surface area contributed by atoms with Crippen LogP contribution in [0.5, 0.6) is 0 Å². The zero-order valence-electron chi connectivity index (χ0n) is 14.0. The van der Waals surface area contributed by atoms with Crippen LogP contribution in [0.25, 0.3) is 11.0 Å². The van der Waals surface area contributed by atoms with Gasteiger partial charge in [0.2, 0.25) is 0 Å². The van der Waals surface area contributed by atoms with Crippen LogP contribution in [-0.4, -0.2) is 44.5 Å². The third-order valence-corrected chi connectivity index (χ3v) is 4.63. The smallest absolute Gasteiger partial charge is 0.326 e. The number of nitrogens with one attached hydrogen (secondary N) is 1. The van der Waals surface area contributed by atoms with Crippen LogP contribution in [0.3, 0.4) is 0 Å². The Morgan fingerprint density at radius 1 is 1.21 bits per heavy atom. The molecule has 0 aliphatic rings. The first-order chi connectivity index (χ1) is 11.4. The summed E-state index contributed by atoms with van der Waals surface area (Å²) in [5, 5.41) is 11.8. The van der Waals surface area contributed by atoms with Crippen LogP contribution in [0.2, 0.25) is 0 Å². The van der Waals surface area contributed by atoms with Gasteiger partial charge in [-0.1, -0.05) is 6.92 Å². The molecule has 0 bridgehead atoms. The van der Waals surface area contributed by atoms with Crippen LogP contribution in [-0.2, 0) is 4.79 Å². The molecule has 128 valence electrons. The molecule has 6 nitrogen and oxygen atoms in total. The molecule has 0 aliphatic heterocycles. The van der Waals surface area contributed by atoms with Crippen LogP contribution in [0, 0.1) is 13.8 Å². The van der Waals surface area contributed by atoms with Crippen molar-refractivity contribution in [2.45, 2.75) is 33.2 Å². The lowest BCUT2D eigenvalue weighted by Crippen LogP contribution is -2.41. The number of amides is 1. The molecule has 24 heavy (non-hydrogen) atoms. The summed E-state index contributed by atoms with van der Waals surface area (Å²) < 4.78 is 0. The van der Waals surface area contributed by atoms with E-state index in [0.717, 1.165) is 17.1 Å². The first-order valence-electron chi connectivity index (χ1n) is 7.78. The standard InChI is InChI=1S/C17H21N3O3S/c1-4-24-8-7-14(17(22)23)20-16(21)12-5-6-13-15(9-12)19-11(3)10(2)18-13/h5-6,9,14H,4,7-8H2,1-3H3,(H,20,21)(H,22,23). The molecule has 0 saturated carbocycles. The molecule has 1 amide bonds. The summed E-state index contributed by atoms with van der Waals surface area (Å²) in [7, 11) is 0. The van der Waals surface area contributed by atoms with Crippen molar-refractivity contribution in [3.63, 3.8) is 0 Å². The van der Waals surface area contributed by atoms with Crippen LogP contribution in [0.4, 0.5) is 0 Å². The van der Waals surface area contributed by atoms with Crippen molar-refractivity contribution in [2.75, 3.05) is 11.5 Å². The number of aromatic nitrogens is 2. The first kappa shape index (κ1) is 18.2. The van der Waals surface area contributed by atoms with Crippen LogP contribution in [0.1, 0.15) is 35.1 Å². The van der Waals surface area contributed by atoms with E-state index in [1.165, 1.54) is 0 Å². The second-order valence-electron chi connectivity index (χ2n) is 5.45. The fraction of sp³-hybridized carbons (Fsp3) is 0.412. The van der Waals surface area contributed by atoms with E-state index in [4.69, 9.17) is 0 Å². The van der Waals surface area contributed by atoms with Gasteiger partial charge in [-0.2, -0.15) is 11.8 Å². The zero-order valence-corrected chi connectivity index (χ0v) is 14.8. The Bertz CT molecular complexity index is 764. The molecule has 0 spiro atoms. The summed E-state index contributed by atoms with van der Waals surface area (Å²) in [6.07, 6.45) is 0.394. The fourth-order valence-electron chi connectivity index (χ4n) is 2.22. The Balaban J connectivity index is 2.17. The van der Waals surface area contributed by atoms with Crippen LogP contribution in [0.15, 0.2) is 18.2 Å². The predicted molar refractivity (Wildman–Crippen MR) is 95.5 cm³/mol. The molecule has 2 aromatic rings. The maximum Gasteiger partial charge on any atom is 0.326 e. The highest BCUT2D eigenvalue weighted by Crippen LogP contribution is 2.15. The van der Waals surface area contributed by atoms with Crippen molar-refractivity contribution >= 4 is 34.7 Å². The van der Waals surface area contributed by atoms with E-state index >= 15 is 0 Å². The molecule has 1 heterocycles. The van der Waals surface area contributed by atoms with Gasteiger partial charge < -0.3 is 10.4 Å². The molecule has 2 rings (SSSR count). The number of carbonyl (C=O) groups is 2. The highest BCUT2D eigenvalue weighted by atomic mass is 32.2. The van der Waals surface area contributed by atoms with Crippen LogP contribution >= 0.6 is 11.8 Å². The van der Waals surface area contributed by atoms with Crippen molar-refractivity contribution in [2.24, 2.45) is 0 Å². The molecule has 7 heteroatoms. The fourth-order valence-corrected chi connectivity index (χ4v) is 2.91. The van der Waals surface area contributed by atoms with Crippen molar-refractivity contribution in [1.29, 1.82) is 0 Å². The molecule has 0 saturated heterocycles. The quantitative estimate of drug-likeness (QED) is 0.748. The average Bonchev–Trinajstić information content (AvgIpc) is 2.54. The number of rotatable bonds is 7. The van der Waals surface area contributed by atoms with E-state index in [2.05, 4.69) is 15.3 Å². The minimum atomic E-state index is -1.02. The van der Waals surface area contributed by atoms with Crippen molar-refractivity contribution < 1.29 is 14.7 Å². The minimum absolute atomic E-state index is 0.384. The monoisotopic (exact) mass is 347 g/mol. The zero-order chi connectivity index (χ0) is 17.7. The van der Waals surface area contributed by atoms with Crippen molar-refractivity contribution in [3.05, 3.63) is 35.2 Å². The number of hydrogen-bond acceptors (Lipinski definition) is 5. The normalized spacial score (nSPS) is 12.1.